The summed E-state index contributed by atoms with van der Waals surface area (Å²) >= 11 is 0. The number of rotatable bonds is 5. The van der Waals surface area contributed by atoms with E-state index in [1.807, 2.05) is 18.2 Å². The third kappa shape index (κ3) is 4.85. The minimum absolute atomic E-state index is 0.148. The SMILES string of the molecule is CS(=O)(=O)N1CCN(Cc2ccc3c(n2)oc2c(N4CCOCC4)nc(-c4cccc(O)c4)nc23)CC1. The minimum Gasteiger partial charge on any atom is -0.508 e. The molecule has 0 spiro atoms. The largest absolute Gasteiger partial charge is 0.508 e. The Morgan fingerprint density at radius 3 is 2.49 bits per heavy atom. The van der Waals surface area contributed by atoms with Gasteiger partial charge in [-0.15, -0.1) is 0 Å². The van der Waals surface area contributed by atoms with Crippen LogP contribution in [-0.4, -0.2) is 96.4 Å². The van der Waals surface area contributed by atoms with Crippen LogP contribution in [0.15, 0.2) is 40.8 Å². The van der Waals surface area contributed by atoms with Crippen LogP contribution >= 0.6 is 0 Å². The van der Waals surface area contributed by atoms with Crippen molar-refractivity contribution < 1.29 is 22.7 Å². The number of fused-ring (bicyclic) bond motifs is 3. The summed E-state index contributed by atoms with van der Waals surface area (Å²) < 4.78 is 36.9. The lowest BCUT2D eigenvalue weighted by atomic mass is 10.2. The number of morpholine rings is 1. The highest BCUT2D eigenvalue weighted by atomic mass is 32.2. The lowest BCUT2D eigenvalue weighted by Crippen LogP contribution is -2.47. The summed E-state index contributed by atoms with van der Waals surface area (Å²) in [5.74, 6) is 1.33. The maximum absolute atomic E-state index is 11.8. The first-order chi connectivity index (χ1) is 17.8. The van der Waals surface area contributed by atoms with Crippen molar-refractivity contribution in [2.24, 2.45) is 0 Å². The van der Waals surface area contributed by atoms with Crippen molar-refractivity contribution >= 4 is 38.0 Å². The van der Waals surface area contributed by atoms with Gasteiger partial charge in [0.2, 0.25) is 15.7 Å². The molecule has 6 rings (SSSR count). The van der Waals surface area contributed by atoms with Crippen LogP contribution in [0.25, 0.3) is 33.6 Å². The number of hydrogen-bond donors (Lipinski definition) is 1. The van der Waals surface area contributed by atoms with E-state index in [9.17, 15) is 13.5 Å². The number of hydrogen-bond acceptors (Lipinski definition) is 10. The summed E-state index contributed by atoms with van der Waals surface area (Å²) in [5.41, 5.74) is 3.29. The fourth-order valence-corrected chi connectivity index (χ4v) is 5.68. The molecule has 194 valence electrons. The summed E-state index contributed by atoms with van der Waals surface area (Å²) in [6, 6.07) is 10.8. The molecule has 2 aliphatic heterocycles. The molecule has 0 aliphatic carbocycles. The van der Waals surface area contributed by atoms with E-state index in [4.69, 9.17) is 24.1 Å². The molecule has 2 fully saturated rings. The topological polar surface area (TPSA) is 125 Å². The van der Waals surface area contributed by atoms with Gasteiger partial charge in [0, 0.05) is 51.4 Å². The quantitative estimate of drug-likeness (QED) is 0.415. The monoisotopic (exact) mass is 524 g/mol. The van der Waals surface area contributed by atoms with Crippen LogP contribution in [0.5, 0.6) is 5.75 Å². The molecule has 11 nitrogen and oxygen atoms in total. The molecule has 1 aromatic carbocycles. The van der Waals surface area contributed by atoms with Gasteiger partial charge in [0.25, 0.3) is 0 Å². The number of anilines is 1. The van der Waals surface area contributed by atoms with E-state index in [1.54, 1.807) is 18.2 Å². The molecular weight excluding hydrogens is 496 g/mol. The van der Waals surface area contributed by atoms with E-state index in [0.29, 0.717) is 93.0 Å². The highest BCUT2D eigenvalue weighted by Crippen LogP contribution is 2.35. The van der Waals surface area contributed by atoms with Crippen LogP contribution < -0.4 is 4.90 Å². The smallest absolute Gasteiger partial charge is 0.229 e. The van der Waals surface area contributed by atoms with E-state index in [-0.39, 0.29) is 5.75 Å². The molecule has 1 N–H and O–H groups in total. The van der Waals surface area contributed by atoms with Gasteiger partial charge in [0.1, 0.15) is 11.3 Å². The lowest BCUT2D eigenvalue weighted by Gasteiger charge is -2.32. The van der Waals surface area contributed by atoms with Crippen molar-refractivity contribution in [3.05, 3.63) is 42.1 Å². The van der Waals surface area contributed by atoms with Crippen LogP contribution in [0.1, 0.15) is 5.69 Å². The van der Waals surface area contributed by atoms with Crippen molar-refractivity contribution in [1.82, 2.24) is 24.2 Å². The van der Waals surface area contributed by atoms with Gasteiger partial charge in [-0.3, -0.25) is 4.90 Å². The van der Waals surface area contributed by atoms with Gasteiger partial charge < -0.3 is 19.2 Å². The number of aromatic nitrogens is 3. The van der Waals surface area contributed by atoms with Gasteiger partial charge in [0.05, 0.1) is 30.5 Å². The molecular formula is C25H28N6O5S. The molecule has 0 amide bonds. The molecule has 5 heterocycles. The minimum atomic E-state index is -3.17. The lowest BCUT2D eigenvalue weighted by molar-refractivity contribution is 0.122. The number of piperazine rings is 1. The average Bonchev–Trinajstić information content (AvgIpc) is 3.26. The third-order valence-corrected chi connectivity index (χ3v) is 8.12. The van der Waals surface area contributed by atoms with Crippen molar-refractivity contribution in [3.63, 3.8) is 0 Å². The molecule has 37 heavy (non-hydrogen) atoms. The zero-order valence-electron chi connectivity index (χ0n) is 20.5. The molecule has 3 aromatic heterocycles. The Balaban J connectivity index is 1.36. The number of nitrogens with zero attached hydrogens (tertiary/aromatic N) is 6. The summed E-state index contributed by atoms with van der Waals surface area (Å²) in [6.45, 7) is 5.40. The maximum Gasteiger partial charge on any atom is 0.229 e. The van der Waals surface area contributed by atoms with Crippen molar-refractivity contribution in [2.75, 3.05) is 63.6 Å². The van der Waals surface area contributed by atoms with Crippen molar-refractivity contribution in [3.8, 4) is 17.1 Å². The standard InChI is InChI=1S/C25H28N6O5S/c1-37(33,34)31-9-7-29(8-10-31)16-18-5-6-20-21-22(36-25(20)26-18)24(30-11-13-35-14-12-30)28-23(27-21)17-3-2-4-19(32)15-17/h2-6,15,32H,7-14,16H2,1H3. The Bertz CT molecular complexity index is 1560. The highest BCUT2D eigenvalue weighted by Gasteiger charge is 2.25. The number of pyridine rings is 1. The number of sulfonamides is 1. The third-order valence-electron chi connectivity index (χ3n) is 6.82. The maximum atomic E-state index is 11.8. The van der Waals surface area contributed by atoms with E-state index in [0.717, 1.165) is 11.1 Å². The van der Waals surface area contributed by atoms with Gasteiger partial charge in [-0.2, -0.15) is 4.31 Å². The zero-order chi connectivity index (χ0) is 25.6. The number of phenolic OH excluding ortho intramolecular Hbond substituents is 1. The van der Waals surface area contributed by atoms with Gasteiger partial charge in [-0.05, 0) is 24.3 Å². The second-order valence-corrected chi connectivity index (χ2v) is 11.4. The molecule has 0 radical (unpaired) electrons. The fourth-order valence-electron chi connectivity index (χ4n) is 4.85. The second kappa shape index (κ2) is 9.53. The normalized spacial score (nSPS) is 18.1. The molecule has 4 aromatic rings. The Kier molecular flexibility index (Phi) is 6.19. The average molecular weight is 525 g/mol. The predicted octanol–water partition coefficient (Wildman–Crippen LogP) is 2.06. The van der Waals surface area contributed by atoms with Crippen LogP contribution in [0.3, 0.4) is 0 Å². The van der Waals surface area contributed by atoms with E-state index < -0.39 is 10.0 Å². The number of ether oxygens (including phenoxy) is 1. The van der Waals surface area contributed by atoms with Crippen molar-refractivity contribution in [2.45, 2.75) is 6.54 Å². The molecule has 0 unspecified atom stereocenters. The Labute approximate surface area is 214 Å². The Morgan fingerprint density at radius 1 is 0.973 bits per heavy atom. The fraction of sp³-hybridized carbons (Fsp3) is 0.400. The van der Waals surface area contributed by atoms with Gasteiger partial charge in [0.15, 0.2) is 17.2 Å². The van der Waals surface area contributed by atoms with Gasteiger partial charge >= 0.3 is 0 Å². The predicted molar refractivity (Wildman–Crippen MR) is 139 cm³/mol. The number of phenols is 1. The first-order valence-corrected chi connectivity index (χ1v) is 14.1. The number of aromatic hydroxyl groups is 1. The summed E-state index contributed by atoms with van der Waals surface area (Å²) in [5, 5.41) is 10.8. The molecule has 0 bridgehead atoms. The van der Waals surface area contributed by atoms with Gasteiger partial charge in [-0.25, -0.2) is 23.4 Å². The number of benzene rings is 1. The summed E-state index contributed by atoms with van der Waals surface area (Å²) in [6.07, 6.45) is 1.25. The summed E-state index contributed by atoms with van der Waals surface area (Å²) in [4.78, 5) is 18.8. The molecule has 2 saturated heterocycles. The van der Waals surface area contributed by atoms with Crippen LogP contribution in [0.4, 0.5) is 5.82 Å². The van der Waals surface area contributed by atoms with Crippen LogP contribution in [-0.2, 0) is 21.3 Å². The van der Waals surface area contributed by atoms with Crippen LogP contribution in [0, 0.1) is 0 Å². The van der Waals surface area contributed by atoms with Crippen LogP contribution in [0.2, 0.25) is 0 Å². The zero-order valence-corrected chi connectivity index (χ0v) is 21.3. The highest BCUT2D eigenvalue weighted by molar-refractivity contribution is 7.88. The molecule has 12 heteroatoms. The number of furan rings is 1. The van der Waals surface area contributed by atoms with E-state index >= 15 is 0 Å². The Morgan fingerprint density at radius 2 is 1.76 bits per heavy atom. The van der Waals surface area contributed by atoms with E-state index in [1.165, 1.54) is 10.6 Å². The molecule has 0 saturated carbocycles. The van der Waals surface area contributed by atoms with E-state index in [2.05, 4.69) is 9.80 Å². The first-order valence-electron chi connectivity index (χ1n) is 12.2. The second-order valence-electron chi connectivity index (χ2n) is 9.39. The summed E-state index contributed by atoms with van der Waals surface area (Å²) in [7, 11) is -3.17. The first kappa shape index (κ1) is 24.0. The van der Waals surface area contributed by atoms with Gasteiger partial charge in [-0.1, -0.05) is 12.1 Å². The Hall–Kier alpha value is -3.32. The molecule has 0 atom stereocenters. The van der Waals surface area contributed by atoms with Crippen molar-refractivity contribution in [1.29, 1.82) is 0 Å². The molecule has 2 aliphatic rings.